The van der Waals surface area contributed by atoms with Crippen molar-refractivity contribution in [3.63, 3.8) is 0 Å². The number of rotatable bonds is 10. The number of nitriles is 1. The van der Waals surface area contributed by atoms with E-state index >= 15 is 0 Å². The van der Waals surface area contributed by atoms with Gasteiger partial charge in [0.1, 0.15) is 22.9 Å². The molecule has 0 aliphatic carbocycles. The van der Waals surface area contributed by atoms with Crippen molar-refractivity contribution in [1.29, 1.82) is 5.26 Å². The van der Waals surface area contributed by atoms with Crippen molar-refractivity contribution in [2.45, 2.75) is 33.3 Å². The summed E-state index contributed by atoms with van der Waals surface area (Å²) < 4.78 is 18.1. The lowest BCUT2D eigenvalue weighted by Crippen LogP contribution is -2.27. The number of hydrogen-bond donors (Lipinski definition) is 1. The molecule has 2 heterocycles. The van der Waals surface area contributed by atoms with Gasteiger partial charge in [0, 0.05) is 19.3 Å². The second-order valence-electron chi connectivity index (χ2n) is 7.97. The number of carbonyl (C=O) groups is 1. The number of aromatic nitrogens is 2. The van der Waals surface area contributed by atoms with Gasteiger partial charge in [-0.25, -0.2) is 0 Å². The highest BCUT2D eigenvalue weighted by Crippen LogP contribution is 2.32. The van der Waals surface area contributed by atoms with E-state index in [0.717, 1.165) is 5.56 Å². The zero-order valence-electron chi connectivity index (χ0n) is 20.2. The van der Waals surface area contributed by atoms with Crippen LogP contribution in [0.25, 0.3) is 11.7 Å². The molecule has 0 bridgehead atoms. The predicted molar refractivity (Wildman–Crippen MR) is 132 cm³/mol. The second kappa shape index (κ2) is 11.8. The zero-order valence-corrected chi connectivity index (χ0v) is 20.2. The zero-order chi connectivity index (χ0) is 25.4. The molecule has 0 unspecified atom stereocenters. The molecule has 0 aliphatic heterocycles. The van der Waals surface area contributed by atoms with Gasteiger partial charge in [-0.15, -0.1) is 0 Å². The third-order valence-corrected chi connectivity index (χ3v) is 5.04. The summed E-state index contributed by atoms with van der Waals surface area (Å²) in [6.07, 6.45) is 3.46. The first-order valence-corrected chi connectivity index (χ1v) is 11.2. The molecule has 1 N–H and O–H groups in total. The van der Waals surface area contributed by atoms with Crippen molar-refractivity contribution < 1.29 is 19.0 Å². The molecule has 0 atom stereocenters. The Morgan fingerprint density at radius 1 is 1.23 bits per heavy atom. The van der Waals surface area contributed by atoms with Crippen molar-refractivity contribution in [3.8, 4) is 23.4 Å². The van der Waals surface area contributed by atoms with E-state index in [9.17, 15) is 14.9 Å². The fraction of sp³-hybridized carbons (Fsp3) is 0.308. The summed E-state index contributed by atoms with van der Waals surface area (Å²) in [6, 6.07) is 12.3. The molecule has 1 aromatic carbocycles. The van der Waals surface area contributed by atoms with Crippen molar-refractivity contribution in [3.05, 3.63) is 69.6 Å². The lowest BCUT2D eigenvalue weighted by molar-refractivity contribution is -0.117. The Balaban J connectivity index is 2.02. The average molecular weight is 477 g/mol. The molecule has 0 radical (unpaired) electrons. The van der Waals surface area contributed by atoms with E-state index in [2.05, 4.69) is 10.3 Å². The molecule has 35 heavy (non-hydrogen) atoms. The van der Waals surface area contributed by atoms with Crippen LogP contribution in [0.4, 0.5) is 0 Å². The van der Waals surface area contributed by atoms with E-state index in [-0.39, 0.29) is 23.1 Å². The smallest absolute Gasteiger partial charge is 0.269 e. The second-order valence-corrected chi connectivity index (χ2v) is 7.97. The van der Waals surface area contributed by atoms with Crippen LogP contribution >= 0.6 is 0 Å². The van der Waals surface area contributed by atoms with Crippen molar-refractivity contribution in [1.82, 2.24) is 14.7 Å². The maximum absolute atomic E-state index is 13.4. The maximum atomic E-state index is 13.4. The van der Waals surface area contributed by atoms with E-state index in [4.69, 9.17) is 14.2 Å². The molecule has 0 aliphatic rings. The minimum Gasteiger partial charge on any atom is -0.493 e. The van der Waals surface area contributed by atoms with Gasteiger partial charge < -0.3 is 19.5 Å². The van der Waals surface area contributed by atoms with Gasteiger partial charge in [-0.1, -0.05) is 18.2 Å². The van der Waals surface area contributed by atoms with E-state index in [1.165, 1.54) is 17.6 Å². The van der Waals surface area contributed by atoms with Crippen LogP contribution in [0.2, 0.25) is 0 Å². The first kappa shape index (κ1) is 25.5. The van der Waals surface area contributed by atoms with Gasteiger partial charge >= 0.3 is 0 Å². The van der Waals surface area contributed by atoms with Gasteiger partial charge in [-0.05, 0) is 57.0 Å². The van der Waals surface area contributed by atoms with Crippen LogP contribution in [-0.4, -0.2) is 41.7 Å². The number of carbonyl (C=O) groups excluding carboxylic acids is 1. The molecule has 1 amide bonds. The Hall–Kier alpha value is -4.16. The van der Waals surface area contributed by atoms with Gasteiger partial charge in [0.2, 0.25) is 5.88 Å². The summed E-state index contributed by atoms with van der Waals surface area (Å²) in [5.41, 5.74) is 0.397. The molecule has 3 aromatic rings. The summed E-state index contributed by atoms with van der Waals surface area (Å²) in [4.78, 5) is 30.6. The number of nitrogens with one attached hydrogen (secondary N) is 1. The standard InChI is InChI=1S/C26H28N4O5/c1-17(2)34-14-8-12-28-24(31)19(16-27)15-20-25(35-22-11-6-5-10-21(22)33-4)29-23-18(3)9-7-13-30(23)26(20)32/h5-7,9-11,13,15,17H,8,12,14H2,1-4H3,(H,28,31). The van der Waals surface area contributed by atoms with Gasteiger partial charge in [-0.3, -0.25) is 14.0 Å². The van der Waals surface area contributed by atoms with E-state index < -0.39 is 11.5 Å². The number of para-hydroxylation sites is 2. The number of ether oxygens (including phenoxy) is 3. The number of methoxy groups -OCH3 is 1. The summed E-state index contributed by atoms with van der Waals surface area (Å²) in [7, 11) is 1.50. The highest BCUT2D eigenvalue weighted by atomic mass is 16.5. The first-order chi connectivity index (χ1) is 16.8. The molecule has 3 rings (SSSR count). The molecule has 9 nitrogen and oxygen atoms in total. The Morgan fingerprint density at radius 3 is 2.66 bits per heavy atom. The third kappa shape index (κ3) is 6.25. The Labute approximate surface area is 203 Å². The minimum absolute atomic E-state index is 0.0335. The number of fused-ring (bicyclic) bond motifs is 1. The number of amides is 1. The summed E-state index contributed by atoms with van der Waals surface area (Å²) in [6.45, 7) is 6.48. The predicted octanol–water partition coefficient (Wildman–Crippen LogP) is 3.64. The molecule has 0 fully saturated rings. The number of pyridine rings is 1. The molecular formula is C26H28N4O5. The Kier molecular flexibility index (Phi) is 8.59. The first-order valence-electron chi connectivity index (χ1n) is 11.2. The van der Waals surface area contributed by atoms with Gasteiger partial charge in [0.15, 0.2) is 11.5 Å². The molecule has 2 aromatic heterocycles. The van der Waals surface area contributed by atoms with Gasteiger partial charge in [0.25, 0.3) is 11.5 Å². The SMILES string of the molecule is COc1ccccc1Oc1nc2c(C)cccn2c(=O)c1C=C(C#N)C(=O)NCCCOC(C)C. The molecule has 182 valence electrons. The number of nitrogens with zero attached hydrogens (tertiary/aromatic N) is 3. The van der Waals surface area contributed by atoms with E-state index in [0.29, 0.717) is 36.7 Å². The average Bonchev–Trinajstić information content (AvgIpc) is 2.84. The van der Waals surface area contributed by atoms with Crippen molar-refractivity contribution >= 4 is 17.6 Å². The fourth-order valence-electron chi connectivity index (χ4n) is 3.28. The molecule has 0 saturated heterocycles. The summed E-state index contributed by atoms with van der Waals surface area (Å²) >= 11 is 0. The molecule has 0 saturated carbocycles. The van der Waals surface area contributed by atoms with Crippen LogP contribution in [-0.2, 0) is 9.53 Å². The third-order valence-electron chi connectivity index (χ3n) is 5.04. The van der Waals surface area contributed by atoms with Crippen LogP contribution in [0.3, 0.4) is 0 Å². The number of hydrogen-bond acceptors (Lipinski definition) is 7. The van der Waals surface area contributed by atoms with Crippen LogP contribution in [0.5, 0.6) is 17.4 Å². The maximum Gasteiger partial charge on any atom is 0.269 e. The van der Waals surface area contributed by atoms with Crippen LogP contribution < -0.4 is 20.3 Å². The Bertz CT molecular complexity index is 1340. The summed E-state index contributed by atoms with van der Waals surface area (Å²) in [5.74, 6) is 0.132. The van der Waals surface area contributed by atoms with Gasteiger partial charge in [-0.2, -0.15) is 10.2 Å². The quantitative estimate of drug-likeness (QED) is 0.270. The van der Waals surface area contributed by atoms with Crippen LogP contribution in [0, 0.1) is 18.3 Å². The normalized spacial score (nSPS) is 11.4. The van der Waals surface area contributed by atoms with E-state index in [1.54, 1.807) is 36.5 Å². The van der Waals surface area contributed by atoms with Crippen molar-refractivity contribution in [2.24, 2.45) is 0 Å². The van der Waals surface area contributed by atoms with Crippen LogP contribution in [0.1, 0.15) is 31.4 Å². The largest absolute Gasteiger partial charge is 0.493 e. The number of aryl methyl sites for hydroxylation is 1. The number of benzene rings is 1. The van der Waals surface area contributed by atoms with Gasteiger partial charge in [0.05, 0.1) is 13.2 Å². The topological polar surface area (TPSA) is 115 Å². The molecule has 9 heteroatoms. The molecule has 0 spiro atoms. The lowest BCUT2D eigenvalue weighted by Gasteiger charge is -2.13. The highest BCUT2D eigenvalue weighted by molar-refractivity contribution is 6.01. The monoisotopic (exact) mass is 476 g/mol. The summed E-state index contributed by atoms with van der Waals surface area (Å²) in [5, 5.41) is 12.3. The Morgan fingerprint density at radius 2 is 1.97 bits per heavy atom. The fourth-order valence-corrected chi connectivity index (χ4v) is 3.28. The lowest BCUT2D eigenvalue weighted by atomic mass is 10.1. The van der Waals surface area contributed by atoms with Crippen LogP contribution in [0.15, 0.2) is 53.0 Å². The van der Waals surface area contributed by atoms with E-state index in [1.807, 2.05) is 32.9 Å². The minimum atomic E-state index is -0.603. The molecular weight excluding hydrogens is 448 g/mol. The van der Waals surface area contributed by atoms with Crippen molar-refractivity contribution in [2.75, 3.05) is 20.3 Å². The highest BCUT2D eigenvalue weighted by Gasteiger charge is 2.19.